The van der Waals surface area contributed by atoms with E-state index in [0.717, 1.165) is 5.56 Å². The van der Waals surface area contributed by atoms with E-state index < -0.39 is 12.6 Å². The van der Waals surface area contributed by atoms with Crippen molar-refractivity contribution in [1.82, 2.24) is 5.32 Å². The SMILES string of the molecule is Fc1ccc(CNCCCC(F)(F)F)cc1. The van der Waals surface area contributed by atoms with Crippen molar-refractivity contribution >= 4 is 0 Å². The molecule has 0 aliphatic rings. The van der Waals surface area contributed by atoms with Gasteiger partial charge in [0.25, 0.3) is 0 Å². The van der Waals surface area contributed by atoms with E-state index in [9.17, 15) is 17.6 Å². The fourth-order valence-electron chi connectivity index (χ4n) is 1.25. The third kappa shape index (κ3) is 5.70. The summed E-state index contributed by atoms with van der Waals surface area (Å²) in [7, 11) is 0. The molecule has 0 amide bonds. The molecule has 5 heteroatoms. The normalized spacial score (nSPS) is 11.8. The van der Waals surface area contributed by atoms with Gasteiger partial charge in [-0.15, -0.1) is 0 Å². The van der Waals surface area contributed by atoms with E-state index in [1.807, 2.05) is 0 Å². The molecule has 0 aromatic heterocycles. The van der Waals surface area contributed by atoms with Crippen LogP contribution in [0.2, 0.25) is 0 Å². The lowest BCUT2D eigenvalue weighted by molar-refractivity contribution is -0.135. The fourth-order valence-corrected chi connectivity index (χ4v) is 1.25. The zero-order valence-corrected chi connectivity index (χ0v) is 8.65. The van der Waals surface area contributed by atoms with Crippen LogP contribution in [-0.4, -0.2) is 12.7 Å². The van der Waals surface area contributed by atoms with E-state index in [0.29, 0.717) is 13.1 Å². The molecule has 16 heavy (non-hydrogen) atoms. The van der Waals surface area contributed by atoms with Gasteiger partial charge in [-0.05, 0) is 30.7 Å². The van der Waals surface area contributed by atoms with Gasteiger partial charge in [0, 0.05) is 13.0 Å². The Bertz CT molecular complexity index is 305. The second-order valence-corrected chi connectivity index (χ2v) is 3.52. The predicted octanol–water partition coefficient (Wildman–Crippen LogP) is 3.26. The maximum Gasteiger partial charge on any atom is 0.389 e. The summed E-state index contributed by atoms with van der Waals surface area (Å²) < 4.78 is 47.9. The maximum absolute atomic E-state index is 12.5. The average molecular weight is 235 g/mol. The van der Waals surface area contributed by atoms with Crippen LogP contribution in [0.25, 0.3) is 0 Å². The van der Waals surface area contributed by atoms with E-state index >= 15 is 0 Å². The molecule has 0 spiro atoms. The molecule has 0 atom stereocenters. The van der Waals surface area contributed by atoms with Gasteiger partial charge in [-0.2, -0.15) is 13.2 Å². The largest absolute Gasteiger partial charge is 0.389 e. The molecule has 0 unspecified atom stereocenters. The van der Waals surface area contributed by atoms with Crippen LogP contribution < -0.4 is 5.32 Å². The van der Waals surface area contributed by atoms with E-state index in [4.69, 9.17) is 0 Å². The summed E-state index contributed by atoms with van der Waals surface area (Å²) in [5.41, 5.74) is 0.855. The number of hydrogen-bond donors (Lipinski definition) is 1. The molecule has 1 rings (SSSR count). The Morgan fingerprint density at radius 2 is 1.69 bits per heavy atom. The van der Waals surface area contributed by atoms with Gasteiger partial charge in [0.1, 0.15) is 5.82 Å². The molecule has 0 heterocycles. The summed E-state index contributed by atoms with van der Waals surface area (Å²) in [6.07, 6.45) is -4.80. The van der Waals surface area contributed by atoms with Crippen LogP contribution in [0.3, 0.4) is 0 Å². The van der Waals surface area contributed by atoms with Crippen LogP contribution in [-0.2, 0) is 6.54 Å². The summed E-state index contributed by atoms with van der Waals surface area (Å²) in [4.78, 5) is 0. The second kappa shape index (κ2) is 5.84. The first kappa shape index (κ1) is 13.0. The molecule has 0 aliphatic heterocycles. The van der Waals surface area contributed by atoms with Gasteiger partial charge in [-0.25, -0.2) is 4.39 Å². The van der Waals surface area contributed by atoms with Crippen LogP contribution >= 0.6 is 0 Å². The Hall–Kier alpha value is -1.10. The number of rotatable bonds is 5. The highest BCUT2D eigenvalue weighted by Gasteiger charge is 2.25. The Morgan fingerprint density at radius 3 is 2.25 bits per heavy atom. The first-order valence-corrected chi connectivity index (χ1v) is 4.99. The molecule has 1 nitrogen and oxygen atoms in total. The standard InChI is InChI=1S/C11H13F4N/c12-10-4-2-9(3-5-10)8-16-7-1-6-11(13,14)15/h2-5,16H,1,6-8H2. The Labute approximate surface area is 91.5 Å². The van der Waals surface area contributed by atoms with Crippen molar-refractivity contribution < 1.29 is 17.6 Å². The second-order valence-electron chi connectivity index (χ2n) is 3.52. The predicted molar refractivity (Wildman–Crippen MR) is 53.4 cm³/mol. The molecule has 0 saturated heterocycles. The molecule has 0 aliphatic carbocycles. The van der Waals surface area contributed by atoms with E-state index in [1.54, 1.807) is 12.1 Å². The van der Waals surface area contributed by atoms with Crippen molar-refractivity contribution in [3.05, 3.63) is 35.6 Å². The van der Waals surface area contributed by atoms with E-state index in [2.05, 4.69) is 5.32 Å². The number of nitrogens with one attached hydrogen (secondary N) is 1. The molecule has 90 valence electrons. The highest BCUT2D eigenvalue weighted by atomic mass is 19.4. The summed E-state index contributed by atoms with van der Waals surface area (Å²) >= 11 is 0. The molecule has 0 fully saturated rings. The summed E-state index contributed by atoms with van der Waals surface area (Å²) in [6.45, 7) is 0.759. The molecular formula is C11H13F4N. The monoisotopic (exact) mass is 235 g/mol. The van der Waals surface area contributed by atoms with Gasteiger partial charge >= 0.3 is 6.18 Å². The quantitative estimate of drug-likeness (QED) is 0.610. The van der Waals surface area contributed by atoms with Crippen LogP contribution in [0.15, 0.2) is 24.3 Å². The topological polar surface area (TPSA) is 12.0 Å². The van der Waals surface area contributed by atoms with E-state index in [-0.39, 0.29) is 12.2 Å². The van der Waals surface area contributed by atoms with Crippen molar-refractivity contribution in [1.29, 1.82) is 0 Å². The lowest BCUT2D eigenvalue weighted by atomic mass is 10.2. The minimum atomic E-state index is -4.09. The number of benzene rings is 1. The lowest BCUT2D eigenvalue weighted by Gasteiger charge is -2.07. The Morgan fingerprint density at radius 1 is 1.06 bits per heavy atom. The average Bonchev–Trinajstić information content (AvgIpc) is 2.19. The molecule has 1 N–H and O–H groups in total. The van der Waals surface area contributed by atoms with E-state index in [1.165, 1.54) is 12.1 Å². The van der Waals surface area contributed by atoms with Gasteiger partial charge in [0.2, 0.25) is 0 Å². The summed E-state index contributed by atoms with van der Waals surface area (Å²) in [5, 5.41) is 2.87. The molecule has 0 saturated carbocycles. The zero-order chi connectivity index (χ0) is 12.0. The molecular weight excluding hydrogens is 222 g/mol. The summed E-state index contributed by atoms with van der Waals surface area (Å²) in [6, 6.07) is 5.86. The van der Waals surface area contributed by atoms with Gasteiger partial charge in [-0.1, -0.05) is 12.1 Å². The van der Waals surface area contributed by atoms with Crippen molar-refractivity contribution in [2.45, 2.75) is 25.6 Å². The Kier molecular flexibility index (Phi) is 4.73. The van der Waals surface area contributed by atoms with Crippen molar-refractivity contribution in [3.63, 3.8) is 0 Å². The number of hydrogen-bond acceptors (Lipinski definition) is 1. The van der Waals surface area contributed by atoms with Gasteiger partial charge in [0.05, 0.1) is 0 Å². The Balaban J connectivity index is 2.14. The van der Waals surface area contributed by atoms with Gasteiger partial charge in [-0.3, -0.25) is 0 Å². The van der Waals surface area contributed by atoms with Crippen molar-refractivity contribution in [2.75, 3.05) is 6.54 Å². The van der Waals surface area contributed by atoms with Gasteiger partial charge < -0.3 is 5.32 Å². The smallest absolute Gasteiger partial charge is 0.313 e. The third-order valence-corrected chi connectivity index (χ3v) is 2.06. The van der Waals surface area contributed by atoms with Crippen LogP contribution in [0.4, 0.5) is 17.6 Å². The number of halogens is 4. The first-order chi connectivity index (χ1) is 7.47. The zero-order valence-electron chi connectivity index (χ0n) is 8.65. The van der Waals surface area contributed by atoms with Gasteiger partial charge in [0.15, 0.2) is 0 Å². The lowest BCUT2D eigenvalue weighted by Crippen LogP contribution is -2.17. The highest BCUT2D eigenvalue weighted by Crippen LogP contribution is 2.20. The first-order valence-electron chi connectivity index (χ1n) is 4.99. The number of alkyl halides is 3. The molecule has 0 radical (unpaired) electrons. The maximum atomic E-state index is 12.5. The van der Waals surface area contributed by atoms with Crippen molar-refractivity contribution in [2.24, 2.45) is 0 Å². The van der Waals surface area contributed by atoms with Crippen LogP contribution in [0, 0.1) is 5.82 Å². The molecule has 1 aromatic rings. The summed E-state index contributed by atoms with van der Waals surface area (Å²) in [5.74, 6) is -0.319. The third-order valence-electron chi connectivity index (χ3n) is 2.06. The van der Waals surface area contributed by atoms with Crippen molar-refractivity contribution in [3.8, 4) is 0 Å². The molecule has 0 bridgehead atoms. The minimum absolute atomic E-state index is 0.0602. The van der Waals surface area contributed by atoms with Crippen LogP contribution in [0.1, 0.15) is 18.4 Å². The van der Waals surface area contributed by atoms with Crippen LogP contribution in [0.5, 0.6) is 0 Å². The molecule has 1 aromatic carbocycles. The highest BCUT2D eigenvalue weighted by molar-refractivity contribution is 5.15. The minimum Gasteiger partial charge on any atom is -0.313 e. The fraction of sp³-hybridized carbons (Fsp3) is 0.455.